The molecule has 23 heavy (non-hydrogen) atoms. The van der Waals surface area contributed by atoms with Gasteiger partial charge in [-0.2, -0.15) is 0 Å². The fourth-order valence-electron chi connectivity index (χ4n) is 4.03. The van der Waals surface area contributed by atoms with Crippen molar-refractivity contribution in [2.45, 2.75) is 50.4 Å². The molecule has 1 N–H and O–H groups in total. The van der Waals surface area contributed by atoms with Crippen molar-refractivity contribution in [3.8, 4) is 0 Å². The van der Waals surface area contributed by atoms with Crippen LogP contribution in [-0.4, -0.2) is 35.0 Å². The second kappa shape index (κ2) is 6.73. The van der Waals surface area contributed by atoms with Crippen LogP contribution in [0.25, 0.3) is 0 Å². The second-order valence-corrected chi connectivity index (χ2v) is 6.99. The maximum atomic E-state index is 13.2. The van der Waals surface area contributed by atoms with Crippen molar-refractivity contribution in [1.82, 2.24) is 4.90 Å². The Balaban J connectivity index is 1.70. The highest BCUT2D eigenvalue weighted by atomic mass is 16.4. The van der Waals surface area contributed by atoms with Crippen molar-refractivity contribution in [1.29, 1.82) is 0 Å². The van der Waals surface area contributed by atoms with E-state index >= 15 is 0 Å². The number of carboxylic acids is 1. The van der Waals surface area contributed by atoms with Crippen LogP contribution in [0.4, 0.5) is 0 Å². The highest BCUT2D eigenvalue weighted by molar-refractivity contribution is 5.89. The van der Waals surface area contributed by atoms with Crippen molar-refractivity contribution >= 4 is 11.9 Å². The molecule has 1 aliphatic heterocycles. The van der Waals surface area contributed by atoms with Crippen LogP contribution in [0, 0.1) is 5.92 Å². The molecule has 4 nitrogen and oxygen atoms in total. The first kappa shape index (κ1) is 16.0. The van der Waals surface area contributed by atoms with Gasteiger partial charge in [0.2, 0.25) is 5.91 Å². The number of rotatable bonds is 5. The van der Waals surface area contributed by atoms with Crippen LogP contribution >= 0.6 is 0 Å². The molecule has 1 aliphatic carbocycles. The lowest BCUT2D eigenvalue weighted by molar-refractivity contribution is -0.143. The minimum Gasteiger partial charge on any atom is -0.481 e. The number of hydrogen-bond acceptors (Lipinski definition) is 2. The largest absolute Gasteiger partial charge is 0.481 e. The van der Waals surface area contributed by atoms with E-state index in [1.807, 2.05) is 23.1 Å². The molecule has 1 heterocycles. The third-order valence-electron chi connectivity index (χ3n) is 5.52. The van der Waals surface area contributed by atoms with Crippen LogP contribution in [0.2, 0.25) is 0 Å². The van der Waals surface area contributed by atoms with Crippen molar-refractivity contribution in [3.63, 3.8) is 0 Å². The highest BCUT2D eigenvalue weighted by Crippen LogP contribution is 2.45. The number of nitrogens with zero attached hydrogens (tertiary/aromatic N) is 1. The highest BCUT2D eigenvalue weighted by Gasteiger charge is 2.48. The normalized spacial score (nSPS) is 23.1. The number of likely N-dealkylation sites (tertiary alicyclic amines) is 1. The minimum absolute atomic E-state index is 0.205. The lowest BCUT2D eigenvalue weighted by atomic mass is 9.63. The van der Waals surface area contributed by atoms with Gasteiger partial charge in [-0.05, 0) is 43.6 Å². The molecule has 1 aromatic rings. The average molecular weight is 315 g/mol. The monoisotopic (exact) mass is 315 g/mol. The van der Waals surface area contributed by atoms with E-state index in [1.54, 1.807) is 0 Å². The van der Waals surface area contributed by atoms with Crippen molar-refractivity contribution in [2.24, 2.45) is 5.92 Å². The summed E-state index contributed by atoms with van der Waals surface area (Å²) >= 11 is 0. The molecule has 1 saturated heterocycles. The Bertz CT molecular complexity index is 565. The zero-order valence-electron chi connectivity index (χ0n) is 13.5. The maximum Gasteiger partial charge on any atom is 0.303 e. The van der Waals surface area contributed by atoms with E-state index in [-0.39, 0.29) is 17.7 Å². The van der Waals surface area contributed by atoms with E-state index in [1.165, 1.54) is 0 Å². The molecule has 2 fully saturated rings. The fraction of sp³-hybridized carbons (Fsp3) is 0.579. The third kappa shape index (κ3) is 3.26. The minimum atomic E-state index is -0.742. The average Bonchev–Trinajstić information content (AvgIpc) is 2.53. The van der Waals surface area contributed by atoms with Crippen molar-refractivity contribution < 1.29 is 14.7 Å². The maximum absolute atomic E-state index is 13.2. The van der Waals surface area contributed by atoms with Crippen LogP contribution in [0.3, 0.4) is 0 Å². The summed E-state index contributed by atoms with van der Waals surface area (Å²) in [6.45, 7) is 1.54. The molecule has 0 aromatic heterocycles. The molecule has 1 aromatic carbocycles. The van der Waals surface area contributed by atoms with Crippen LogP contribution in [0.15, 0.2) is 30.3 Å². The van der Waals surface area contributed by atoms with E-state index in [2.05, 4.69) is 12.1 Å². The molecular weight excluding hydrogens is 290 g/mol. The molecule has 2 aliphatic rings. The lowest BCUT2D eigenvalue weighted by Gasteiger charge is -2.46. The Labute approximate surface area is 137 Å². The number of carbonyl (C=O) groups is 2. The SMILES string of the molecule is O=C(O)CC[C@H]1CCCN(C(=O)C2(c3ccccc3)CCC2)C1. The van der Waals surface area contributed by atoms with Gasteiger partial charge < -0.3 is 10.0 Å². The number of piperidine rings is 1. The summed E-state index contributed by atoms with van der Waals surface area (Å²) in [6.07, 6.45) is 5.89. The molecule has 124 valence electrons. The quantitative estimate of drug-likeness (QED) is 0.907. The third-order valence-corrected chi connectivity index (χ3v) is 5.52. The summed E-state index contributed by atoms with van der Waals surface area (Å²) in [5.74, 6) is -0.153. The Kier molecular flexibility index (Phi) is 4.69. The Hall–Kier alpha value is -1.84. The predicted octanol–water partition coefficient (Wildman–Crippen LogP) is 3.21. The lowest BCUT2D eigenvalue weighted by Crippen LogP contribution is -2.53. The summed E-state index contributed by atoms with van der Waals surface area (Å²) in [7, 11) is 0. The summed E-state index contributed by atoms with van der Waals surface area (Å²) in [4.78, 5) is 26.0. The smallest absolute Gasteiger partial charge is 0.303 e. The van der Waals surface area contributed by atoms with E-state index in [0.29, 0.717) is 12.3 Å². The van der Waals surface area contributed by atoms with Crippen LogP contribution in [0.1, 0.15) is 50.5 Å². The summed E-state index contributed by atoms with van der Waals surface area (Å²) < 4.78 is 0. The van der Waals surface area contributed by atoms with Gasteiger partial charge in [0.05, 0.1) is 5.41 Å². The van der Waals surface area contributed by atoms with Gasteiger partial charge in [0.1, 0.15) is 0 Å². The number of amides is 1. The van der Waals surface area contributed by atoms with Gasteiger partial charge in [-0.25, -0.2) is 0 Å². The molecule has 0 bridgehead atoms. The Morgan fingerprint density at radius 3 is 2.52 bits per heavy atom. The predicted molar refractivity (Wildman–Crippen MR) is 88.1 cm³/mol. The van der Waals surface area contributed by atoms with Crippen molar-refractivity contribution in [2.75, 3.05) is 13.1 Å². The number of benzene rings is 1. The van der Waals surface area contributed by atoms with Crippen LogP contribution in [0.5, 0.6) is 0 Å². The summed E-state index contributed by atoms with van der Waals surface area (Å²) in [6, 6.07) is 10.2. The number of hydrogen-bond donors (Lipinski definition) is 1. The summed E-state index contributed by atoms with van der Waals surface area (Å²) in [5.41, 5.74) is 0.819. The number of carboxylic acid groups (broad SMARTS) is 1. The van der Waals surface area contributed by atoms with Gasteiger partial charge in [-0.1, -0.05) is 36.8 Å². The van der Waals surface area contributed by atoms with Crippen LogP contribution in [-0.2, 0) is 15.0 Å². The van der Waals surface area contributed by atoms with E-state index in [4.69, 9.17) is 5.11 Å². The summed E-state index contributed by atoms with van der Waals surface area (Å²) in [5, 5.41) is 8.86. The molecule has 1 atom stereocenters. The number of aliphatic carboxylic acids is 1. The molecule has 0 radical (unpaired) electrons. The first-order valence-corrected chi connectivity index (χ1v) is 8.68. The Morgan fingerprint density at radius 2 is 1.91 bits per heavy atom. The van der Waals surface area contributed by atoms with Gasteiger partial charge in [-0.3, -0.25) is 9.59 Å². The van der Waals surface area contributed by atoms with Gasteiger partial charge in [0.15, 0.2) is 0 Å². The van der Waals surface area contributed by atoms with E-state index in [9.17, 15) is 9.59 Å². The molecule has 4 heteroatoms. The number of carbonyl (C=O) groups excluding carboxylic acids is 1. The van der Waals surface area contributed by atoms with Gasteiger partial charge in [-0.15, -0.1) is 0 Å². The van der Waals surface area contributed by atoms with Gasteiger partial charge >= 0.3 is 5.97 Å². The molecule has 0 unspecified atom stereocenters. The standard InChI is InChI=1S/C19H25NO3/c21-17(22)10-9-15-6-4-13-20(14-15)18(23)19(11-5-12-19)16-7-2-1-3-8-16/h1-3,7-8,15H,4-6,9-14H2,(H,21,22)/t15-/m1/s1. The van der Waals surface area contributed by atoms with Gasteiger partial charge in [0.25, 0.3) is 0 Å². The van der Waals surface area contributed by atoms with Gasteiger partial charge in [0, 0.05) is 19.5 Å². The van der Waals surface area contributed by atoms with Crippen LogP contribution < -0.4 is 0 Å². The second-order valence-electron chi connectivity index (χ2n) is 6.99. The molecule has 1 saturated carbocycles. The first-order chi connectivity index (χ1) is 11.1. The zero-order valence-corrected chi connectivity index (χ0v) is 13.5. The van der Waals surface area contributed by atoms with E-state index in [0.717, 1.165) is 50.8 Å². The van der Waals surface area contributed by atoms with Crippen molar-refractivity contribution in [3.05, 3.63) is 35.9 Å². The molecule has 1 amide bonds. The topological polar surface area (TPSA) is 57.6 Å². The molecule has 3 rings (SSSR count). The first-order valence-electron chi connectivity index (χ1n) is 8.68. The zero-order chi connectivity index (χ0) is 16.3. The Morgan fingerprint density at radius 1 is 1.17 bits per heavy atom. The van der Waals surface area contributed by atoms with E-state index < -0.39 is 5.97 Å². The molecular formula is C19H25NO3. The molecule has 0 spiro atoms. The fourth-order valence-corrected chi connectivity index (χ4v) is 4.03.